The summed E-state index contributed by atoms with van der Waals surface area (Å²) in [4.78, 5) is 2.27. The number of hydrogen-bond acceptors (Lipinski definition) is 3. The normalized spacial score (nSPS) is 10.7. The van der Waals surface area contributed by atoms with Gasteiger partial charge in [0.15, 0.2) is 0 Å². The SMILES string of the molecule is CCCN(C)Cc1cc(N)cc(OC)c1. The van der Waals surface area contributed by atoms with Gasteiger partial charge in [0.2, 0.25) is 0 Å². The minimum atomic E-state index is 0.759. The monoisotopic (exact) mass is 208 g/mol. The van der Waals surface area contributed by atoms with Crippen LogP contribution in [-0.4, -0.2) is 25.6 Å². The third-order valence-corrected chi connectivity index (χ3v) is 2.28. The van der Waals surface area contributed by atoms with Gasteiger partial charge >= 0.3 is 0 Å². The number of rotatable bonds is 5. The topological polar surface area (TPSA) is 38.5 Å². The van der Waals surface area contributed by atoms with Crippen molar-refractivity contribution < 1.29 is 4.74 Å². The van der Waals surface area contributed by atoms with Crippen LogP contribution in [0.1, 0.15) is 18.9 Å². The van der Waals surface area contributed by atoms with E-state index in [2.05, 4.69) is 18.9 Å². The van der Waals surface area contributed by atoms with Gasteiger partial charge in [-0.25, -0.2) is 0 Å². The fraction of sp³-hybridized carbons (Fsp3) is 0.500. The van der Waals surface area contributed by atoms with E-state index in [1.165, 1.54) is 5.56 Å². The highest BCUT2D eigenvalue weighted by Gasteiger charge is 2.02. The molecule has 0 unspecified atom stereocenters. The number of nitrogens with zero attached hydrogens (tertiary/aromatic N) is 1. The fourth-order valence-corrected chi connectivity index (χ4v) is 1.67. The van der Waals surface area contributed by atoms with Gasteiger partial charge in [-0.1, -0.05) is 6.92 Å². The van der Waals surface area contributed by atoms with Crippen molar-refractivity contribution in [2.75, 3.05) is 26.4 Å². The molecule has 1 aromatic carbocycles. The molecule has 3 heteroatoms. The second-order valence-corrected chi connectivity index (χ2v) is 3.85. The zero-order chi connectivity index (χ0) is 11.3. The van der Waals surface area contributed by atoms with Gasteiger partial charge in [-0.15, -0.1) is 0 Å². The van der Waals surface area contributed by atoms with Crippen molar-refractivity contribution in [2.45, 2.75) is 19.9 Å². The summed E-state index contributed by atoms with van der Waals surface area (Å²) in [6.45, 7) is 4.18. The Morgan fingerprint density at radius 3 is 2.67 bits per heavy atom. The smallest absolute Gasteiger partial charge is 0.121 e. The molecule has 0 saturated heterocycles. The molecule has 0 aliphatic heterocycles. The van der Waals surface area contributed by atoms with Crippen LogP contribution in [0.25, 0.3) is 0 Å². The molecule has 0 fully saturated rings. The highest BCUT2D eigenvalue weighted by Crippen LogP contribution is 2.19. The Balaban J connectivity index is 2.71. The molecule has 0 aromatic heterocycles. The first-order valence-corrected chi connectivity index (χ1v) is 5.27. The van der Waals surface area contributed by atoms with Gasteiger partial charge < -0.3 is 15.4 Å². The Morgan fingerprint density at radius 2 is 2.07 bits per heavy atom. The van der Waals surface area contributed by atoms with Crippen LogP contribution in [0.15, 0.2) is 18.2 Å². The zero-order valence-electron chi connectivity index (χ0n) is 9.79. The molecule has 0 atom stereocenters. The predicted octanol–water partition coefficient (Wildman–Crippen LogP) is 2.12. The third-order valence-electron chi connectivity index (χ3n) is 2.28. The average Bonchev–Trinajstić information content (AvgIpc) is 2.17. The summed E-state index contributed by atoms with van der Waals surface area (Å²) in [7, 11) is 3.77. The number of nitrogens with two attached hydrogens (primary N) is 1. The first-order chi connectivity index (χ1) is 7.15. The number of anilines is 1. The number of ether oxygens (including phenoxy) is 1. The van der Waals surface area contributed by atoms with Gasteiger partial charge in [-0.05, 0) is 37.7 Å². The van der Waals surface area contributed by atoms with Crippen LogP contribution >= 0.6 is 0 Å². The fourth-order valence-electron chi connectivity index (χ4n) is 1.67. The number of hydrogen-bond donors (Lipinski definition) is 1. The van der Waals surface area contributed by atoms with Crippen LogP contribution in [0, 0.1) is 0 Å². The highest BCUT2D eigenvalue weighted by molar-refractivity contribution is 5.47. The van der Waals surface area contributed by atoms with Crippen LogP contribution in [0.4, 0.5) is 5.69 Å². The number of nitrogen functional groups attached to an aromatic ring is 1. The van der Waals surface area contributed by atoms with E-state index < -0.39 is 0 Å². The number of methoxy groups -OCH3 is 1. The summed E-state index contributed by atoms with van der Waals surface area (Å²) in [6.07, 6.45) is 1.16. The lowest BCUT2D eigenvalue weighted by Crippen LogP contribution is -2.18. The summed E-state index contributed by atoms with van der Waals surface area (Å²) < 4.78 is 5.18. The van der Waals surface area contributed by atoms with E-state index in [-0.39, 0.29) is 0 Å². The quantitative estimate of drug-likeness (QED) is 0.753. The molecule has 2 N–H and O–H groups in total. The molecule has 1 rings (SSSR count). The molecule has 0 radical (unpaired) electrons. The summed E-state index contributed by atoms with van der Waals surface area (Å²) >= 11 is 0. The molecule has 84 valence electrons. The molecule has 0 bridgehead atoms. The van der Waals surface area contributed by atoms with Gasteiger partial charge in [0.1, 0.15) is 5.75 Å². The molecule has 1 aromatic rings. The minimum absolute atomic E-state index is 0.759. The Kier molecular flexibility index (Phi) is 4.43. The predicted molar refractivity (Wildman–Crippen MR) is 64.0 cm³/mol. The first-order valence-electron chi connectivity index (χ1n) is 5.27. The van der Waals surface area contributed by atoms with Crippen molar-refractivity contribution in [1.29, 1.82) is 0 Å². The second-order valence-electron chi connectivity index (χ2n) is 3.85. The van der Waals surface area contributed by atoms with Gasteiger partial charge in [0, 0.05) is 18.3 Å². The van der Waals surface area contributed by atoms with Crippen LogP contribution in [0.5, 0.6) is 5.75 Å². The van der Waals surface area contributed by atoms with E-state index >= 15 is 0 Å². The lowest BCUT2D eigenvalue weighted by Gasteiger charge is -2.16. The maximum Gasteiger partial charge on any atom is 0.121 e. The van der Waals surface area contributed by atoms with E-state index in [1.54, 1.807) is 7.11 Å². The van der Waals surface area contributed by atoms with E-state index in [0.29, 0.717) is 0 Å². The maximum atomic E-state index is 5.79. The third kappa shape index (κ3) is 3.80. The van der Waals surface area contributed by atoms with Crippen molar-refractivity contribution in [3.05, 3.63) is 23.8 Å². The molecule has 0 aliphatic carbocycles. The van der Waals surface area contributed by atoms with Crippen molar-refractivity contribution >= 4 is 5.69 Å². The molecule has 3 nitrogen and oxygen atoms in total. The van der Waals surface area contributed by atoms with Crippen molar-refractivity contribution in [3.63, 3.8) is 0 Å². The van der Waals surface area contributed by atoms with Gasteiger partial charge in [-0.3, -0.25) is 0 Å². The minimum Gasteiger partial charge on any atom is -0.497 e. The van der Waals surface area contributed by atoms with Crippen LogP contribution in [0.3, 0.4) is 0 Å². The maximum absolute atomic E-state index is 5.79. The van der Waals surface area contributed by atoms with Crippen molar-refractivity contribution in [3.8, 4) is 5.75 Å². The molecule has 15 heavy (non-hydrogen) atoms. The molecular formula is C12H20N2O. The van der Waals surface area contributed by atoms with Crippen LogP contribution in [0.2, 0.25) is 0 Å². The standard InChI is InChI=1S/C12H20N2O/c1-4-5-14(2)9-10-6-11(13)8-12(7-10)15-3/h6-8H,4-5,9,13H2,1-3H3. The summed E-state index contributed by atoms with van der Waals surface area (Å²) in [5, 5.41) is 0. The van der Waals surface area contributed by atoms with Gasteiger partial charge in [-0.2, -0.15) is 0 Å². The summed E-state index contributed by atoms with van der Waals surface area (Å²) in [5.41, 5.74) is 7.74. The van der Waals surface area contributed by atoms with Crippen molar-refractivity contribution in [2.24, 2.45) is 0 Å². The lowest BCUT2D eigenvalue weighted by atomic mass is 10.2. The van der Waals surface area contributed by atoms with E-state index in [9.17, 15) is 0 Å². The first kappa shape index (κ1) is 11.9. The Morgan fingerprint density at radius 1 is 1.33 bits per heavy atom. The molecular weight excluding hydrogens is 188 g/mol. The Bertz CT molecular complexity index is 312. The largest absolute Gasteiger partial charge is 0.497 e. The molecule has 0 heterocycles. The second kappa shape index (κ2) is 5.61. The number of benzene rings is 1. The summed E-state index contributed by atoms with van der Waals surface area (Å²) in [5.74, 6) is 0.829. The Hall–Kier alpha value is -1.22. The van der Waals surface area contributed by atoms with E-state index in [0.717, 1.165) is 30.9 Å². The highest BCUT2D eigenvalue weighted by atomic mass is 16.5. The average molecular weight is 208 g/mol. The molecule has 0 aliphatic rings. The van der Waals surface area contributed by atoms with E-state index in [4.69, 9.17) is 10.5 Å². The van der Waals surface area contributed by atoms with Gasteiger partial charge in [0.05, 0.1) is 7.11 Å². The molecule has 0 amide bonds. The zero-order valence-corrected chi connectivity index (χ0v) is 9.79. The van der Waals surface area contributed by atoms with E-state index in [1.807, 2.05) is 18.2 Å². The lowest BCUT2D eigenvalue weighted by molar-refractivity contribution is 0.326. The van der Waals surface area contributed by atoms with Crippen molar-refractivity contribution in [1.82, 2.24) is 4.90 Å². The Labute approximate surface area is 91.8 Å². The molecule has 0 saturated carbocycles. The van der Waals surface area contributed by atoms with Gasteiger partial charge in [0.25, 0.3) is 0 Å². The van der Waals surface area contributed by atoms with Crippen LogP contribution < -0.4 is 10.5 Å². The summed E-state index contributed by atoms with van der Waals surface area (Å²) in [6, 6.07) is 5.86. The molecule has 0 spiro atoms. The van der Waals surface area contributed by atoms with Crippen LogP contribution in [-0.2, 0) is 6.54 Å².